The Balaban J connectivity index is 1.61. The van der Waals surface area contributed by atoms with Crippen LogP contribution in [0.15, 0.2) is 48.5 Å². The van der Waals surface area contributed by atoms with Crippen LogP contribution in [0.4, 0.5) is 11.4 Å². The van der Waals surface area contributed by atoms with E-state index in [1.165, 1.54) is 11.8 Å². The van der Waals surface area contributed by atoms with Gasteiger partial charge in [-0.2, -0.15) is 0 Å². The minimum absolute atomic E-state index is 0.120. The van der Waals surface area contributed by atoms with E-state index in [1.54, 1.807) is 24.3 Å². The summed E-state index contributed by atoms with van der Waals surface area (Å²) in [6.45, 7) is 1.96. The second-order valence-electron chi connectivity index (χ2n) is 6.35. The number of imide groups is 1. The maximum Gasteiger partial charge on any atom is 0.251 e. The number of benzene rings is 2. The maximum atomic E-state index is 12.6. The molecule has 0 bridgehead atoms. The Morgan fingerprint density at radius 3 is 2.52 bits per heavy atom. The summed E-state index contributed by atoms with van der Waals surface area (Å²) in [6.07, 6.45) is 0.790. The van der Waals surface area contributed by atoms with E-state index in [4.69, 9.17) is 11.6 Å². The molecule has 0 aliphatic carbocycles. The molecule has 1 aliphatic rings. The molecule has 0 spiro atoms. The van der Waals surface area contributed by atoms with Gasteiger partial charge in [0.25, 0.3) is 5.91 Å². The van der Waals surface area contributed by atoms with Gasteiger partial charge in [-0.15, -0.1) is 0 Å². The number of nitrogens with one attached hydrogen (secondary N) is 2. The van der Waals surface area contributed by atoms with Gasteiger partial charge in [-0.3, -0.25) is 14.4 Å². The van der Waals surface area contributed by atoms with E-state index in [-0.39, 0.29) is 24.1 Å². The zero-order chi connectivity index (χ0) is 19.4. The summed E-state index contributed by atoms with van der Waals surface area (Å²) < 4.78 is 0. The fourth-order valence-corrected chi connectivity index (χ4v) is 3.27. The molecule has 1 atom stereocenters. The zero-order valence-electron chi connectivity index (χ0n) is 14.9. The lowest BCUT2D eigenvalue weighted by Gasteiger charge is -2.16. The van der Waals surface area contributed by atoms with Gasteiger partial charge in [0.05, 0.1) is 18.2 Å². The van der Waals surface area contributed by atoms with Crippen LogP contribution >= 0.6 is 11.6 Å². The summed E-state index contributed by atoms with van der Waals surface area (Å²) in [6, 6.07) is 13.6. The third-order valence-electron chi connectivity index (χ3n) is 4.34. The number of rotatable bonds is 6. The summed E-state index contributed by atoms with van der Waals surface area (Å²) in [5.74, 6) is -0.701. The van der Waals surface area contributed by atoms with Gasteiger partial charge >= 0.3 is 0 Å². The van der Waals surface area contributed by atoms with E-state index >= 15 is 0 Å². The van der Waals surface area contributed by atoms with Crippen molar-refractivity contribution in [3.8, 4) is 0 Å². The van der Waals surface area contributed by atoms with Gasteiger partial charge in [-0.1, -0.05) is 29.8 Å². The maximum absolute atomic E-state index is 12.6. The van der Waals surface area contributed by atoms with Crippen LogP contribution in [0.3, 0.4) is 0 Å². The largest absolute Gasteiger partial charge is 0.326 e. The van der Waals surface area contributed by atoms with Crippen LogP contribution < -0.4 is 15.5 Å². The smallest absolute Gasteiger partial charge is 0.251 e. The molecule has 0 aromatic heterocycles. The lowest BCUT2D eigenvalue weighted by Crippen LogP contribution is -2.39. The van der Waals surface area contributed by atoms with E-state index in [0.717, 1.165) is 5.56 Å². The van der Waals surface area contributed by atoms with Crippen molar-refractivity contribution >= 4 is 40.7 Å². The average Bonchev–Trinajstić information content (AvgIpc) is 2.91. The van der Waals surface area contributed by atoms with E-state index in [0.29, 0.717) is 29.4 Å². The van der Waals surface area contributed by atoms with Gasteiger partial charge in [0, 0.05) is 17.6 Å². The van der Waals surface area contributed by atoms with Gasteiger partial charge in [-0.05, 0) is 48.9 Å². The number of carbonyl (C=O) groups is 3. The predicted octanol–water partition coefficient (Wildman–Crippen LogP) is 2.76. The van der Waals surface area contributed by atoms with Crippen molar-refractivity contribution in [2.45, 2.75) is 25.8 Å². The highest BCUT2D eigenvalue weighted by Crippen LogP contribution is 2.24. The summed E-state index contributed by atoms with van der Waals surface area (Å²) in [7, 11) is 0. The highest BCUT2D eigenvalue weighted by atomic mass is 35.5. The molecule has 2 N–H and O–H groups in total. The van der Waals surface area contributed by atoms with Crippen LogP contribution in [0.5, 0.6) is 0 Å². The van der Waals surface area contributed by atoms with Gasteiger partial charge in [-0.25, -0.2) is 4.90 Å². The zero-order valence-corrected chi connectivity index (χ0v) is 15.6. The van der Waals surface area contributed by atoms with Gasteiger partial charge in [0.1, 0.15) is 0 Å². The lowest BCUT2D eigenvalue weighted by atomic mass is 10.1. The highest BCUT2D eigenvalue weighted by molar-refractivity contribution is 6.31. The first-order chi connectivity index (χ1) is 13.0. The molecule has 1 aliphatic heterocycles. The first-order valence-electron chi connectivity index (χ1n) is 8.67. The number of halogens is 1. The minimum atomic E-state index is -0.546. The molecule has 1 saturated heterocycles. The Labute approximate surface area is 162 Å². The third-order valence-corrected chi connectivity index (χ3v) is 4.70. The molecule has 2 aromatic rings. The fraction of sp³-hybridized carbons (Fsp3) is 0.250. The molecule has 0 unspecified atom stereocenters. The molecule has 1 fully saturated rings. The number of carbonyl (C=O) groups excluding carboxylic acids is 3. The van der Waals surface area contributed by atoms with Crippen LogP contribution in [0, 0.1) is 0 Å². The van der Waals surface area contributed by atoms with Crippen molar-refractivity contribution < 1.29 is 14.4 Å². The molecule has 0 saturated carbocycles. The number of hydrogen-bond donors (Lipinski definition) is 2. The molecule has 3 amide bonds. The molecule has 0 radical (unpaired) electrons. The average molecular weight is 386 g/mol. The normalized spacial score (nSPS) is 16.7. The van der Waals surface area contributed by atoms with Crippen molar-refractivity contribution in [3.05, 3.63) is 59.1 Å². The molecular formula is C20H20ClN3O3. The Morgan fingerprint density at radius 1 is 1.15 bits per heavy atom. The number of hydrogen-bond acceptors (Lipinski definition) is 4. The van der Waals surface area contributed by atoms with Crippen molar-refractivity contribution in [2.75, 3.05) is 16.8 Å². The Kier molecular flexibility index (Phi) is 5.88. The molecule has 1 heterocycles. The van der Waals surface area contributed by atoms with Crippen molar-refractivity contribution in [1.29, 1.82) is 0 Å². The monoisotopic (exact) mass is 385 g/mol. The molecule has 2 aromatic carbocycles. The summed E-state index contributed by atoms with van der Waals surface area (Å²) in [5, 5.41) is 6.49. The first kappa shape index (κ1) is 19.1. The second kappa shape index (κ2) is 8.33. The molecule has 140 valence electrons. The first-order valence-corrected chi connectivity index (χ1v) is 9.05. The topological polar surface area (TPSA) is 78.5 Å². The van der Waals surface area contributed by atoms with Gasteiger partial charge < -0.3 is 10.6 Å². The summed E-state index contributed by atoms with van der Waals surface area (Å²) in [4.78, 5) is 37.2. The van der Waals surface area contributed by atoms with Crippen LogP contribution in [-0.2, 0) is 20.8 Å². The number of amides is 3. The van der Waals surface area contributed by atoms with Crippen molar-refractivity contribution in [2.24, 2.45) is 0 Å². The van der Waals surface area contributed by atoms with Crippen LogP contribution in [0.1, 0.15) is 18.9 Å². The standard InChI is InChI=1S/C20H20ClN3O3/c1-13(25)23-15-6-8-16(9-7-15)24-19(26)12-18(20(24)27)22-11-10-14-4-2-3-5-17(14)21/h2-9,18,22H,10-12H2,1H3,(H,23,25)/t18-/m1/s1. The van der Waals surface area contributed by atoms with Crippen molar-refractivity contribution in [1.82, 2.24) is 5.32 Å². The van der Waals surface area contributed by atoms with E-state index in [1.807, 2.05) is 24.3 Å². The fourth-order valence-electron chi connectivity index (χ4n) is 3.04. The lowest BCUT2D eigenvalue weighted by molar-refractivity contribution is -0.121. The quantitative estimate of drug-likeness (QED) is 0.749. The number of anilines is 2. The Hall–Kier alpha value is -2.70. The summed E-state index contributed by atoms with van der Waals surface area (Å²) >= 11 is 6.14. The SMILES string of the molecule is CC(=O)Nc1ccc(N2C(=O)C[C@@H](NCCc3ccccc3Cl)C2=O)cc1. The second-order valence-corrected chi connectivity index (χ2v) is 6.75. The highest BCUT2D eigenvalue weighted by Gasteiger charge is 2.39. The minimum Gasteiger partial charge on any atom is -0.326 e. The van der Waals surface area contributed by atoms with Crippen LogP contribution in [0.25, 0.3) is 0 Å². The molecule has 3 rings (SSSR count). The van der Waals surface area contributed by atoms with Gasteiger partial charge in [0.2, 0.25) is 11.8 Å². The molecule has 27 heavy (non-hydrogen) atoms. The Bertz CT molecular complexity index is 867. The van der Waals surface area contributed by atoms with E-state index in [2.05, 4.69) is 10.6 Å². The van der Waals surface area contributed by atoms with Crippen molar-refractivity contribution in [3.63, 3.8) is 0 Å². The van der Waals surface area contributed by atoms with E-state index in [9.17, 15) is 14.4 Å². The van der Waals surface area contributed by atoms with Crippen LogP contribution in [0.2, 0.25) is 5.02 Å². The van der Waals surface area contributed by atoms with Crippen LogP contribution in [-0.4, -0.2) is 30.3 Å². The van der Waals surface area contributed by atoms with Gasteiger partial charge in [0.15, 0.2) is 0 Å². The number of nitrogens with zero attached hydrogens (tertiary/aromatic N) is 1. The summed E-state index contributed by atoms with van der Waals surface area (Å²) in [5.41, 5.74) is 2.10. The molecule has 7 heteroatoms. The Morgan fingerprint density at radius 2 is 1.85 bits per heavy atom. The molecular weight excluding hydrogens is 366 g/mol. The predicted molar refractivity (Wildman–Crippen MR) is 105 cm³/mol. The third kappa shape index (κ3) is 4.53. The molecule has 6 nitrogen and oxygen atoms in total. The van der Waals surface area contributed by atoms with E-state index < -0.39 is 6.04 Å².